The van der Waals surface area contributed by atoms with E-state index in [1.54, 1.807) is 0 Å². The first-order valence-electron chi connectivity index (χ1n) is 2.72. The third-order valence-corrected chi connectivity index (χ3v) is 0.539. The van der Waals surface area contributed by atoms with Crippen LogP contribution in [0.5, 0.6) is 0 Å². The summed E-state index contributed by atoms with van der Waals surface area (Å²) in [6.45, 7) is 3.54. The Morgan fingerprint density at radius 2 is 1.40 bits per heavy atom. The van der Waals surface area contributed by atoms with Crippen LogP contribution in [0.4, 0.5) is 0 Å². The normalized spacial score (nSPS) is 18.0. The molecule has 0 aromatic carbocycles. The summed E-state index contributed by atoms with van der Waals surface area (Å²) in [4.78, 5) is 0. The summed E-state index contributed by atoms with van der Waals surface area (Å²) in [5, 5.41) is 0. The Hall–Kier alpha value is 0.790. The monoisotopic (exact) mass is 206 g/mol. The number of rotatable bonds is 0. The van der Waals surface area contributed by atoms with Gasteiger partial charge in [-0.05, 0) is 6.92 Å². The fraction of sp³-hybridized carbons (Fsp3) is 1.00. The molecule has 1 saturated heterocycles. The smallest absolute Gasteiger partial charge is 0.187 e. The highest BCUT2D eigenvalue weighted by atomic mass is 35.6. The Labute approximate surface area is 75.3 Å². The molecule has 1 fully saturated rings. The Morgan fingerprint density at radius 3 is 1.50 bits per heavy atom. The van der Waals surface area contributed by atoms with Gasteiger partial charge < -0.3 is 9.47 Å². The molecule has 0 aromatic rings. The van der Waals surface area contributed by atoms with Gasteiger partial charge in [-0.2, -0.15) is 0 Å². The summed E-state index contributed by atoms with van der Waals surface area (Å²) in [5.74, 6) is 0. The lowest BCUT2D eigenvalue weighted by atomic mass is 10.8. The molecule has 0 amide bonds. The second-order valence-corrected chi connectivity index (χ2v) is 4.56. The standard InChI is InChI=1S/C3H6O2.C2H3Cl3/c1-2-5-3-4-1;1-2(3,4)5/h1-3H2;1H3. The second kappa shape index (κ2) is 5.44. The quantitative estimate of drug-likeness (QED) is 0.568. The molecule has 0 aliphatic carbocycles. The average molecular weight is 207 g/mol. The molecule has 0 radical (unpaired) electrons. The SMILES string of the molecule is C1COCO1.CC(Cl)(Cl)Cl. The van der Waals surface area contributed by atoms with E-state index in [0.29, 0.717) is 6.79 Å². The molecule has 0 saturated carbocycles. The maximum atomic E-state index is 5.06. The predicted molar refractivity (Wildman–Crippen MR) is 42.7 cm³/mol. The molecule has 0 spiro atoms. The number of halogens is 3. The Balaban J connectivity index is 0.000000162. The van der Waals surface area contributed by atoms with Gasteiger partial charge in [-0.15, -0.1) is 0 Å². The van der Waals surface area contributed by atoms with Gasteiger partial charge in [-0.1, -0.05) is 34.8 Å². The lowest BCUT2D eigenvalue weighted by molar-refractivity contribution is 0.0692. The van der Waals surface area contributed by atoms with Crippen LogP contribution in [0.2, 0.25) is 0 Å². The maximum absolute atomic E-state index is 5.06. The molecule has 1 aliphatic rings. The van der Waals surface area contributed by atoms with E-state index in [1.807, 2.05) is 0 Å². The fourth-order valence-corrected chi connectivity index (χ4v) is 0.295. The number of ether oxygens (including phenoxy) is 2. The van der Waals surface area contributed by atoms with E-state index < -0.39 is 3.79 Å². The molecule has 10 heavy (non-hydrogen) atoms. The van der Waals surface area contributed by atoms with Gasteiger partial charge in [0, 0.05) is 0 Å². The minimum absolute atomic E-state index is 0.500. The molecule has 1 heterocycles. The van der Waals surface area contributed by atoms with E-state index in [1.165, 1.54) is 6.92 Å². The highest BCUT2D eigenvalue weighted by molar-refractivity contribution is 6.67. The second-order valence-electron chi connectivity index (χ2n) is 1.72. The molecule has 62 valence electrons. The summed E-state index contributed by atoms with van der Waals surface area (Å²) < 4.78 is 8.36. The van der Waals surface area contributed by atoms with Crippen LogP contribution < -0.4 is 0 Å². The number of hydrogen-bond donors (Lipinski definition) is 0. The molecule has 2 nitrogen and oxygen atoms in total. The lowest BCUT2D eigenvalue weighted by Crippen LogP contribution is -1.87. The zero-order valence-electron chi connectivity index (χ0n) is 5.57. The van der Waals surface area contributed by atoms with Crippen molar-refractivity contribution in [1.82, 2.24) is 0 Å². The van der Waals surface area contributed by atoms with Crippen molar-refractivity contribution in [1.29, 1.82) is 0 Å². The zero-order valence-corrected chi connectivity index (χ0v) is 7.84. The van der Waals surface area contributed by atoms with Gasteiger partial charge in [-0.25, -0.2) is 0 Å². The molecule has 0 unspecified atom stereocenters. The van der Waals surface area contributed by atoms with Crippen molar-refractivity contribution in [2.24, 2.45) is 0 Å². The third kappa shape index (κ3) is 15.9. The highest BCUT2D eigenvalue weighted by Crippen LogP contribution is 2.23. The Morgan fingerprint density at radius 1 is 1.10 bits per heavy atom. The minimum atomic E-state index is -1.08. The van der Waals surface area contributed by atoms with Crippen LogP contribution in [-0.2, 0) is 9.47 Å². The number of hydrogen-bond acceptors (Lipinski definition) is 2. The van der Waals surface area contributed by atoms with Crippen LogP contribution in [0.3, 0.4) is 0 Å². The third-order valence-electron chi connectivity index (χ3n) is 0.539. The van der Waals surface area contributed by atoms with Crippen molar-refractivity contribution in [2.75, 3.05) is 20.0 Å². The zero-order chi connectivity index (χ0) is 8.04. The minimum Gasteiger partial charge on any atom is -0.353 e. The predicted octanol–water partition coefficient (Wildman–Crippen LogP) is 2.37. The first-order valence-corrected chi connectivity index (χ1v) is 3.86. The van der Waals surface area contributed by atoms with Gasteiger partial charge in [0.2, 0.25) is 0 Å². The van der Waals surface area contributed by atoms with Crippen LogP contribution in [-0.4, -0.2) is 23.8 Å². The van der Waals surface area contributed by atoms with Crippen molar-refractivity contribution in [2.45, 2.75) is 10.7 Å². The summed E-state index contributed by atoms with van der Waals surface area (Å²) in [6.07, 6.45) is 0. The van der Waals surface area contributed by atoms with Gasteiger partial charge in [0.1, 0.15) is 6.79 Å². The van der Waals surface area contributed by atoms with Crippen LogP contribution in [0.15, 0.2) is 0 Å². The molecule has 1 rings (SSSR count). The summed E-state index contributed by atoms with van der Waals surface area (Å²) >= 11 is 15.2. The van der Waals surface area contributed by atoms with Crippen molar-refractivity contribution in [3.05, 3.63) is 0 Å². The van der Waals surface area contributed by atoms with E-state index in [9.17, 15) is 0 Å². The van der Waals surface area contributed by atoms with E-state index in [2.05, 4.69) is 0 Å². The largest absolute Gasteiger partial charge is 0.353 e. The van der Waals surface area contributed by atoms with E-state index in [0.717, 1.165) is 13.2 Å². The van der Waals surface area contributed by atoms with E-state index in [-0.39, 0.29) is 0 Å². The van der Waals surface area contributed by atoms with Gasteiger partial charge in [-0.3, -0.25) is 0 Å². The Bertz CT molecular complexity index is 63.8. The number of alkyl halides is 3. The summed E-state index contributed by atoms with van der Waals surface area (Å²) in [5.41, 5.74) is 0. The van der Waals surface area contributed by atoms with Crippen molar-refractivity contribution in [3.8, 4) is 0 Å². The Kier molecular flexibility index (Phi) is 5.87. The van der Waals surface area contributed by atoms with Crippen LogP contribution in [0.1, 0.15) is 6.92 Å². The highest BCUT2D eigenvalue weighted by Gasteiger charge is 2.07. The molecule has 0 atom stereocenters. The molecular formula is C5H9Cl3O2. The molecular weight excluding hydrogens is 198 g/mol. The van der Waals surface area contributed by atoms with Crippen molar-refractivity contribution in [3.63, 3.8) is 0 Å². The first-order chi connectivity index (χ1) is 4.50. The van der Waals surface area contributed by atoms with Gasteiger partial charge in [0.15, 0.2) is 3.79 Å². The summed E-state index contributed by atoms with van der Waals surface area (Å²) in [6, 6.07) is 0. The van der Waals surface area contributed by atoms with Gasteiger partial charge in [0.25, 0.3) is 0 Å². The summed E-state index contributed by atoms with van der Waals surface area (Å²) in [7, 11) is 0. The fourth-order valence-electron chi connectivity index (χ4n) is 0.295. The van der Waals surface area contributed by atoms with Gasteiger partial charge in [0.05, 0.1) is 13.2 Å². The maximum Gasteiger partial charge on any atom is 0.187 e. The topological polar surface area (TPSA) is 18.5 Å². The molecule has 0 aromatic heterocycles. The lowest BCUT2D eigenvalue weighted by Gasteiger charge is -1.94. The van der Waals surface area contributed by atoms with Crippen molar-refractivity contribution >= 4 is 34.8 Å². The van der Waals surface area contributed by atoms with Gasteiger partial charge >= 0.3 is 0 Å². The molecule has 1 aliphatic heterocycles. The average Bonchev–Trinajstić information content (AvgIpc) is 2.07. The van der Waals surface area contributed by atoms with E-state index in [4.69, 9.17) is 44.3 Å². The molecule has 0 bridgehead atoms. The van der Waals surface area contributed by atoms with E-state index >= 15 is 0 Å². The van der Waals surface area contributed by atoms with Crippen LogP contribution in [0, 0.1) is 0 Å². The molecule has 5 heteroatoms. The van der Waals surface area contributed by atoms with Crippen molar-refractivity contribution < 1.29 is 9.47 Å². The first kappa shape index (κ1) is 10.8. The molecule has 0 N–H and O–H groups in total. The van der Waals surface area contributed by atoms with Crippen LogP contribution in [0.25, 0.3) is 0 Å². The van der Waals surface area contributed by atoms with Crippen LogP contribution >= 0.6 is 34.8 Å².